The molecule has 3 heteroatoms. The third kappa shape index (κ3) is 2.04. The van der Waals surface area contributed by atoms with Gasteiger partial charge < -0.3 is 9.84 Å². The van der Waals surface area contributed by atoms with E-state index in [1.807, 2.05) is 0 Å². The zero-order chi connectivity index (χ0) is 10.9. The SMILES string of the molecule is COc1c(F)cc(C)cc1C(C)(C)O. The highest BCUT2D eigenvalue weighted by Crippen LogP contribution is 2.32. The Kier molecular flexibility index (Phi) is 2.81. The Hall–Kier alpha value is -1.09. The molecule has 1 aromatic rings. The zero-order valence-corrected chi connectivity index (χ0v) is 8.89. The lowest BCUT2D eigenvalue weighted by atomic mass is 9.95. The van der Waals surface area contributed by atoms with E-state index in [2.05, 4.69) is 0 Å². The molecule has 1 aromatic carbocycles. The van der Waals surface area contributed by atoms with Crippen LogP contribution in [-0.2, 0) is 5.60 Å². The van der Waals surface area contributed by atoms with Crippen molar-refractivity contribution in [2.45, 2.75) is 26.4 Å². The van der Waals surface area contributed by atoms with Gasteiger partial charge in [-0.15, -0.1) is 0 Å². The van der Waals surface area contributed by atoms with Crippen LogP contribution in [0.15, 0.2) is 12.1 Å². The van der Waals surface area contributed by atoms with E-state index in [9.17, 15) is 9.50 Å². The minimum atomic E-state index is -1.10. The van der Waals surface area contributed by atoms with E-state index in [1.165, 1.54) is 13.2 Å². The first kappa shape index (κ1) is 11.0. The molecule has 0 amide bonds. The van der Waals surface area contributed by atoms with Crippen molar-refractivity contribution in [3.63, 3.8) is 0 Å². The van der Waals surface area contributed by atoms with Gasteiger partial charge in [0.2, 0.25) is 0 Å². The van der Waals surface area contributed by atoms with Crippen molar-refractivity contribution in [1.29, 1.82) is 0 Å². The first-order valence-corrected chi connectivity index (χ1v) is 4.43. The monoisotopic (exact) mass is 198 g/mol. The number of methoxy groups -OCH3 is 1. The summed E-state index contributed by atoms with van der Waals surface area (Å²) in [6.07, 6.45) is 0. The van der Waals surface area contributed by atoms with Gasteiger partial charge in [0, 0.05) is 5.56 Å². The van der Waals surface area contributed by atoms with E-state index in [4.69, 9.17) is 4.74 Å². The lowest BCUT2D eigenvalue weighted by molar-refractivity contribution is 0.0749. The van der Waals surface area contributed by atoms with Crippen LogP contribution in [0.25, 0.3) is 0 Å². The van der Waals surface area contributed by atoms with Crippen LogP contribution >= 0.6 is 0 Å². The molecule has 0 bridgehead atoms. The Labute approximate surface area is 83.3 Å². The highest BCUT2D eigenvalue weighted by Gasteiger charge is 2.23. The largest absolute Gasteiger partial charge is 0.493 e. The maximum absolute atomic E-state index is 13.4. The molecule has 2 nitrogen and oxygen atoms in total. The molecule has 0 atom stereocenters. The van der Waals surface area contributed by atoms with E-state index in [0.717, 1.165) is 5.56 Å². The Morgan fingerprint density at radius 1 is 1.36 bits per heavy atom. The normalized spacial score (nSPS) is 11.6. The quantitative estimate of drug-likeness (QED) is 0.790. The fraction of sp³-hybridized carbons (Fsp3) is 0.455. The van der Waals surface area contributed by atoms with Gasteiger partial charge >= 0.3 is 0 Å². The molecule has 0 heterocycles. The van der Waals surface area contributed by atoms with Crippen molar-refractivity contribution in [3.05, 3.63) is 29.1 Å². The molecule has 0 aliphatic carbocycles. The predicted molar refractivity (Wildman–Crippen MR) is 52.9 cm³/mol. The summed E-state index contributed by atoms with van der Waals surface area (Å²) in [4.78, 5) is 0. The molecule has 1 rings (SSSR count). The Morgan fingerprint density at radius 3 is 2.36 bits per heavy atom. The maximum Gasteiger partial charge on any atom is 0.165 e. The van der Waals surface area contributed by atoms with E-state index >= 15 is 0 Å². The average Bonchev–Trinajstić information content (AvgIpc) is 2.01. The number of rotatable bonds is 2. The van der Waals surface area contributed by atoms with Crippen LogP contribution in [0.4, 0.5) is 4.39 Å². The average molecular weight is 198 g/mol. The van der Waals surface area contributed by atoms with Crippen LogP contribution in [0.2, 0.25) is 0 Å². The number of halogens is 1. The molecule has 0 aliphatic heterocycles. The lowest BCUT2D eigenvalue weighted by Gasteiger charge is -2.21. The van der Waals surface area contributed by atoms with E-state index in [0.29, 0.717) is 5.56 Å². The topological polar surface area (TPSA) is 29.5 Å². The van der Waals surface area contributed by atoms with Crippen molar-refractivity contribution in [2.24, 2.45) is 0 Å². The second kappa shape index (κ2) is 3.58. The fourth-order valence-corrected chi connectivity index (χ4v) is 1.39. The second-order valence-electron chi connectivity index (χ2n) is 3.89. The molecule has 0 spiro atoms. The summed E-state index contributed by atoms with van der Waals surface area (Å²) in [5.74, 6) is -0.326. The number of hydrogen-bond donors (Lipinski definition) is 1. The van der Waals surface area contributed by atoms with Crippen molar-refractivity contribution >= 4 is 0 Å². The summed E-state index contributed by atoms with van der Waals surface area (Å²) in [6, 6.07) is 3.11. The molecule has 0 saturated heterocycles. The summed E-state index contributed by atoms with van der Waals surface area (Å²) in [6.45, 7) is 4.98. The first-order valence-electron chi connectivity index (χ1n) is 4.43. The molecule has 0 unspecified atom stereocenters. The lowest BCUT2D eigenvalue weighted by Crippen LogP contribution is -2.17. The second-order valence-corrected chi connectivity index (χ2v) is 3.89. The van der Waals surface area contributed by atoms with Crippen LogP contribution in [0.3, 0.4) is 0 Å². The number of aliphatic hydroxyl groups is 1. The van der Waals surface area contributed by atoms with Gasteiger partial charge in [-0.2, -0.15) is 0 Å². The summed E-state index contributed by atoms with van der Waals surface area (Å²) in [7, 11) is 1.39. The molecule has 1 N–H and O–H groups in total. The van der Waals surface area contributed by atoms with Gasteiger partial charge in [-0.3, -0.25) is 0 Å². The molecule has 14 heavy (non-hydrogen) atoms. The molecular weight excluding hydrogens is 183 g/mol. The van der Waals surface area contributed by atoms with Crippen LogP contribution in [0.5, 0.6) is 5.75 Å². The third-order valence-corrected chi connectivity index (χ3v) is 2.05. The van der Waals surface area contributed by atoms with Crippen molar-refractivity contribution in [2.75, 3.05) is 7.11 Å². The standard InChI is InChI=1S/C11H15FO2/c1-7-5-8(11(2,3)13)10(14-4)9(12)6-7/h5-6,13H,1-4H3. The molecule has 0 saturated carbocycles. The van der Waals surface area contributed by atoms with Gasteiger partial charge in [-0.05, 0) is 38.5 Å². The summed E-state index contributed by atoms with van der Waals surface area (Å²) in [5, 5.41) is 9.80. The molecule has 0 aliphatic rings. The van der Waals surface area contributed by atoms with Crippen LogP contribution in [-0.4, -0.2) is 12.2 Å². The molecule has 0 radical (unpaired) electrons. The molecule has 0 aromatic heterocycles. The fourth-order valence-electron chi connectivity index (χ4n) is 1.39. The summed E-state index contributed by atoms with van der Waals surface area (Å²) in [5.41, 5.74) is 0.135. The summed E-state index contributed by atoms with van der Waals surface area (Å²) >= 11 is 0. The molecule has 0 fully saturated rings. The zero-order valence-electron chi connectivity index (χ0n) is 8.89. The third-order valence-electron chi connectivity index (χ3n) is 2.05. The van der Waals surface area contributed by atoms with Crippen LogP contribution in [0.1, 0.15) is 25.0 Å². The number of aryl methyl sites for hydroxylation is 1. The van der Waals surface area contributed by atoms with E-state index in [-0.39, 0.29) is 5.75 Å². The summed E-state index contributed by atoms with van der Waals surface area (Å²) < 4.78 is 18.3. The van der Waals surface area contributed by atoms with Gasteiger partial charge in [0.1, 0.15) is 0 Å². The number of hydrogen-bond acceptors (Lipinski definition) is 2. The Morgan fingerprint density at radius 2 is 1.93 bits per heavy atom. The van der Waals surface area contributed by atoms with Crippen molar-refractivity contribution in [1.82, 2.24) is 0 Å². The highest BCUT2D eigenvalue weighted by molar-refractivity contribution is 5.41. The maximum atomic E-state index is 13.4. The first-order chi connectivity index (χ1) is 6.36. The van der Waals surface area contributed by atoms with E-state index in [1.54, 1.807) is 26.8 Å². The van der Waals surface area contributed by atoms with E-state index < -0.39 is 11.4 Å². The van der Waals surface area contributed by atoms with Gasteiger partial charge in [-0.25, -0.2) is 4.39 Å². The van der Waals surface area contributed by atoms with Gasteiger partial charge in [0.05, 0.1) is 12.7 Å². The number of benzene rings is 1. The molecular formula is C11H15FO2. The predicted octanol–water partition coefficient (Wildman–Crippen LogP) is 2.37. The van der Waals surface area contributed by atoms with Crippen LogP contribution in [0, 0.1) is 12.7 Å². The minimum Gasteiger partial charge on any atom is -0.493 e. The highest BCUT2D eigenvalue weighted by atomic mass is 19.1. The smallest absolute Gasteiger partial charge is 0.165 e. The van der Waals surface area contributed by atoms with Crippen LogP contribution < -0.4 is 4.74 Å². The Bertz CT molecular complexity index is 340. The van der Waals surface area contributed by atoms with Gasteiger partial charge in [-0.1, -0.05) is 0 Å². The Balaban J connectivity index is 3.40. The van der Waals surface area contributed by atoms with Crippen molar-refractivity contribution in [3.8, 4) is 5.75 Å². The number of ether oxygens (including phenoxy) is 1. The van der Waals surface area contributed by atoms with Crippen molar-refractivity contribution < 1.29 is 14.2 Å². The minimum absolute atomic E-state index is 0.114. The van der Waals surface area contributed by atoms with Gasteiger partial charge in [0.15, 0.2) is 11.6 Å². The van der Waals surface area contributed by atoms with Gasteiger partial charge in [0.25, 0.3) is 0 Å². The molecule has 78 valence electrons.